The third-order valence-corrected chi connectivity index (χ3v) is 3.37. The summed E-state index contributed by atoms with van der Waals surface area (Å²) >= 11 is 0. The predicted molar refractivity (Wildman–Crippen MR) is 79.1 cm³/mol. The summed E-state index contributed by atoms with van der Waals surface area (Å²) in [5.41, 5.74) is -0.501. The van der Waals surface area contributed by atoms with E-state index in [1.807, 2.05) is 44.4 Å². The molecule has 1 amide bonds. The molecule has 3 heterocycles. The van der Waals surface area contributed by atoms with Crippen molar-refractivity contribution < 1.29 is 13.9 Å². The maximum Gasteiger partial charge on any atom is 0.410 e. The number of rotatable bonds is 1. The molecule has 0 N–H and O–H groups in total. The lowest BCUT2D eigenvalue weighted by atomic mass is 10.2. The first-order valence-electron chi connectivity index (χ1n) is 7.30. The molecule has 0 aliphatic carbocycles. The van der Waals surface area contributed by atoms with Crippen molar-refractivity contribution in [3.63, 3.8) is 0 Å². The van der Waals surface area contributed by atoms with Crippen LogP contribution in [0, 0.1) is 6.92 Å². The fraction of sp³-hybridized carbons (Fsp3) is 0.533. The van der Waals surface area contributed by atoms with Crippen molar-refractivity contribution in [3.05, 3.63) is 23.7 Å². The Morgan fingerprint density at radius 3 is 2.68 bits per heavy atom. The van der Waals surface area contributed by atoms with E-state index in [9.17, 15) is 4.79 Å². The molecule has 0 radical (unpaired) electrons. The quantitative estimate of drug-likeness (QED) is 0.809. The van der Waals surface area contributed by atoms with Crippen LogP contribution in [-0.4, -0.2) is 37.9 Å². The second kappa shape index (κ2) is 5.15. The minimum atomic E-state index is -0.501. The van der Waals surface area contributed by atoms with Gasteiger partial charge in [0.05, 0.1) is 6.54 Å². The van der Waals surface area contributed by atoms with Crippen LogP contribution >= 0.6 is 0 Å². The number of fused-ring (bicyclic) bond motifs is 1. The van der Waals surface area contributed by atoms with Gasteiger partial charge in [0.15, 0.2) is 17.4 Å². The average molecular weight is 304 g/mol. The number of hydrogen-bond donors (Lipinski definition) is 0. The molecule has 2 aromatic rings. The highest BCUT2D eigenvalue weighted by molar-refractivity contribution is 5.68. The van der Waals surface area contributed by atoms with E-state index in [2.05, 4.69) is 10.2 Å². The van der Waals surface area contributed by atoms with E-state index >= 15 is 0 Å². The molecule has 0 fully saturated rings. The van der Waals surface area contributed by atoms with Gasteiger partial charge in [0, 0.05) is 13.1 Å². The van der Waals surface area contributed by atoms with Crippen molar-refractivity contribution in [1.82, 2.24) is 19.7 Å². The van der Waals surface area contributed by atoms with Crippen LogP contribution in [0.15, 0.2) is 16.5 Å². The van der Waals surface area contributed by atoms with Crippen molar-refractivity contribution in [3.8, 4) is 11.6 Å². The Hall–Kier alpha value is -2.31. The first-order valence-corrected chi connectivity index (χ1v) is 7.30. The van der Waals surface area contributed by atoms with Crippen LogP contribution in [-0.2, 0) is 17.8 Å². The molecule has 0 aromatic carbocycles. The van der Waals surface area contributed by atoms with E-state index < -0.39 is 5.60 Å². The zero-order valence-electron chi connectivity index (χ0n) is 13.3. The number of ether oxygens (including phenoxy) is 1. The first-order chi connectivity index (χ1) is 10.3. The number of aromatic nitrogens is 3. The van der Waals surface area contributed by atoms with Crippen LogP contribution in [0.4, 0.5) is 4.79 Å². The molecule has 22 heavy (non-hydrogen) atoms. The molecule has 0 spiro atoms. The average Bonchev–Trinajstić information content (AvgIpc) is 3.01. The molecule has 1 aliphatic rings. The van der Waals surface area contributed by atoms with Gasteiger partial charge in [-0.3, -0.25) is 4.90 Å². The van der Waals surface area contributed by atoms with Gasteiger partial charge in [-0.2, -0.15) is 0 Å². The molecule has 0 atom stereocenters. The normalized spacial score (nSPS) is 14.8. The fourth-order valence-corrected chi connectivity index (χ4v) is 2.38. The number of carbonyl (C=O) groups is 1. The van der Waals surface area contributed by atoms with Gasteiger partial charge < -0.3 is 13.7 Å². The van der Waals surface area contributed by atoms with Gasteiger partial charge >= 0.3 is 6.09 Å². The summed E-state index contributed by atoms with van der Waals surface area (Å²) in [6, 6.07) is 3.78. The Labute approximate surface area is 128 Å². The summed E-state index contributed by atoms with van der Waals surface area (Å²) in [7, 11) is 0. The van der Waals surface area contributed by atoms with Crippen LogP contribution in [0.2, 0.25) is 0 Å². The number of aryl methyl sites for hydroxylation is 1. The number of furan rings is 1. The minimum absolute atomic E-state index is 0.322. The van der Waals surface area contributed by atoms with Crippen molar-refractivity contribution >= 4 is 6.09 Å². The van der Waals surface area contributed by atoms with Gasteiger partial charge in [0.1, 0.15) is 11.4 Å². The molecule has 1 aliphatic heterocycles. The van der Waals surface area contributed by atoms with Gasteiger partial charge in [-0.25, -0.2) is 4.79 Å². The first kappa shape index (κ1) is 14.6. The molecule has 118 valence electrons. The van der Waals surface area contributed by atoms with E-state index in [1.54, 1.807) is 4.90 Å². The van der Waals surface area contributed by atoms with Crippen LogP contribution < -0.4 is 0 Å². The maximum atomic E-state index is 12.1. The van der Waals surface area contributed by atoms with Crippen LogP contribution in [0.3, 0.4) is 0 Å². The molecule has 3 rings (SSSR count). The summed E-state index contributed by atoms with van der Waals surface area (Å²) in [5, 5.41) is 8.37. The lowest BCUT2D eigenvalue weighted by molar-refractivity contribution is 0.0195. The number of amides is 1. The van der Waals surface area contributed by atoms with Crippen molar-refractivity contribution in [2.24, 2.45) is 0 Å². The highest BCUT2D eigenvalue weighted by Gasteiger charge is 2.28. The SMILES string of the molecule is Cc1ccc(-c2nnc3n2CCN(C(=O)OC(C)(C)C)C3)o1. The standard InChI is InChI=1S/C15H20N4O3/c1-10-5-6-11(21-10)13-17-16-12-9-18(7-8-19(12)13)14(20)22-15(2,3)4/h5-6H,7-9H2,1-4H3. The lowest BCUT2D eigenvalue weighted by Gasteiger charge is -2.30. The topological polar surface area (TPSA) is 73.4 Å². The molecular weight excluding hydrogens is 284 g/mol. The smallest absolute Gasteiger partial charge is 0.410 e. The zero-order valence-corrected chi connectivity index (χ0v) is 13.3. The van der Waals surface area contributed by atoms with Gasteiger partial charge in [-0.1, -0.05) is 0 Å². The van der Waals surface area contributed by atoms with Gasteiger partial charge in [-0.05, 0) is 39.8 Å². The fourth-order valence-electron chi connectivity index (χ4n) is 2.38. The lowest BCUT2D eigenvalue weighted by Crippen LogP contribution is -2.41. The van der Waals surface area contributed by atoms with E-state index in [4.69, 9.17) is 9.15 Å². The Morgan fingerprint density at radius 2 is 2.05 bits per heavy atom. The third-order valence-electron chi connectivity index (χ3n) is 3.37. The Kier molecular flexibility index (Phi) is 3.42. The van der Waals surface area contributed by atoms with Crippen molar-refractivity contribution in [2.45, 2.75) is 46.4 Å². The molecule has 2 aromatic heterocycles. The molecule has 7 nitrogen and oxygen atoms in total. The van der Waals surface area contributed by atoms with Crippen LogP contribution in [0.1, 0.15) is 32.4 Å². The monoisotopic (exact) mass is 304 g/mol. The van der Waals surface area contributed by atoms with Gasteiger partial charge in [0.2, 0.25) is 0 Å². The summed E-state index contributed by atoms with van der Waals surface area (Å²) in [6.45, 7) is 9.03. The molecule has 0 bridgehead atoms. The minimum Gasteiger partial charge on any atom is -0.458 e. The molecular formula is C15H20N4O3. The summed E-state index contributed by atoms with van der Waals surface area (Å²) in [6.07, 6.45) is -0.322. The summed E-state index contributed by atoms with van der Waals surface area (Å²) < 4.78 is 13.0. The second-order valence-electron chi connectivity index (χ2n) is 6.40. The van der Waals surface area contributed by atoms with Crippen LogP contribution in [0.5, 0.6) is 0 Å². The molecule has 0 unspecified atom stereocenters. The van der Waals surface area contributed by atoms with Crippen molar-refractivity contribution in [2.75, 3.05) is 6.54 Å². The predicted octanol–water partition coefficient (Wildman–Crippen LogP) is 2.60. The second-order valence-corrected chi connectivity index (χ2v) is 6.40. The Bertz CT molecular complexity index is 696. The van der Waals surface area contributed by atoms with E-state index in [1.165, 1.54) is 0 Å². The zero-order chi connectivity index (χ0) is 15.9. The largest absolute Gasteiger partial charge is 0.458 e. The highest BCUT2D eigenvalue weighted by atomic mass is 16.6. The molecule has 0 saturated carbocycles. The maximum absolute atomic E-state index is 12.1. The molecule has 7 heteroatoms. The Balaban J connectivity index is 1.78. The summed E-state index contributed by atoms with van der Waals surface area (Å²) in [5.74, 6) is 2.97. The third kappa shape index (κ3) is 2.84. The van der Waals surface area contributed by atoms with Gasteiger partial charge in [-0.15, -0.1) is 10.2 Å². The highest BCUT2D eigenvalue weighted by Crippen LogP contribution is 2.24. The van der Waals surface area contributed by atoms with E-state index in [-0.39, 0.29) is 6.09 Å². The summed E-state index contributed by atoms with van der Waals surface area (Å²) in [4.78, 5) is 13.8. The van der Waals surface area contributed by atoms with Gasteiger partial charge in [0.25, 0.3) is 0 Å². The number of nitrogens with zero attached hydrogens (tertiary/aromatic N) is 4. The Morgan fingerprint density at radius 1 is 1.27 bits per heavy atom. The van der Waals surface area contributed by atoms with Crippen LogP contribution in [0.25, 0.3) is 11.6 Å². The molecule has 0 saturated heterocycles. The van der Waals surface area contributed by atoms with E-state index in [0.29, 0.717) is 31.2 Å². The number of carbonyl (C=O) groups excluding carboxylic acids is 1. The number of hydrogen-bond acceptors (Lipinski definition) is 5. The van der Waals surface area contributed by atoms with E-state index in [0.717, 1.165) is 11.6 Å². The van der Waals surface area contributed by atoms with Crippen molar-refractivity contribution in [1.29, 1.82) is 0 Å².